The van der Waals surface area contributed by atoms with Crippen molar-refractivity contribution in [1.82, 2.24) is 15.1 Å². The molecule has 2 amide bonds. The molecule has 0 saturated carbocycles. The number of hydrogen-bond acceptors (Lipinski definition) is 6. The maximum atomic E-state index is 14.1. The van der Waals surface area contributed by atoms with Gasteiger partial charge in [0.1, 0.15) is 18.7 Å². The van der Waals surface area contributed by atoms with Crippen LogP contribution >= 0.6 is 0 Å². The number of fused-ring (bicyclic) bond motifs is 1. The molecule has 0 aromatic heterocycles. The van der Waals surface area contributed by atoms with Crippen molar-refractivity contribution in [2.45, 2.75) is 73.1 Å². The maximum absolute atomic E-state index is 14.1. The Kier molecular flexibility index (Phi) is 8.24. The summed E-state index contributed by atoms with van der Waals surface area (Å²) in [6.45, 7) is 20.1. The Morgan fingerprint density at radius 3 is 2.21 bits per heavy atom. The molecular weight excluding hydrogens is 480 g/mol. The molecule has 8 nitrogen and oxygen atoms in total. The van der Waals surface area contributed by atoms with E-state index in [-0.39, 0.29) is 41.6 Å². The van der Waals surface area contributed by atoms with Gasteiger partial charge in [0.2, 0.25) is 5.91 Å². The van der Waals surface area contributed by atoms with E-state index in [0.717, 1.165) is 38.4 Å². The quantitative estimate of drug-likeness (QED) is 0.588. The first-order chi connectivity index (χ1) is 17.9. The highest BCUT2D eigenvalue weighted by atomic mass is 16.5. The fourth-order valence-electron chi connectivity index (χ4n) is 5.97. The van der Waals surface area contributed by atoms with E-state index in [1.54, 1.807) is 4.90 Å². The van der Waals surface area contributed by atoms with Gasteiger partial charge in [-0.3, -0.25) is 14.4 Å². The summed E-state index contributed by atoms with van der Waals surface area (Å²) < 4.78 is 5.89. The van der Waals surface area contributed by atoms with E-state index >= 15 is 0 Å². The number of rotatable bonds is 7. The van der Waals surface area contributed by atoms with E-state index in [0.29, 0.717) is 18.5 Å². The SMILES string of the molecule is CCN1CCN(c2ccc(C(=O)NC(C(=O)N3C[C@@H](C(C)(C)C)[C@H]4OCC(=O)[C@H]43)C(C)(C)CC)cc2)CC1. The van der Waals surface area contributed by atoms with Crippen LogP contribution in [-0.2, 0) is 14.3 Å². The molecular formula is C30H46N4O4. The summed E-state index contributed by atoms with van der Waals surface area (Å²) >= 11 is 0. The van der Waals surface area contributed by atoms with E-state index in [2.05, 4.69) is 42.8 Å². The third-order valence-electron chi connectivity index (χ3n) is 9.11. The molecule has 3 heterocycles. The number of nitrogens with one attached hydrogen (secondary N) is 1. The van der Waals surface area contributed by atoms with Gasteiger partial charge in [0.15, 0.2) is 5.78 Å². The van der Waals surface area contributed by atoms with Crippen LogP contribution in [0, 0.1) is 16.7 Å². The number of likely N-dealkylation sites (tertiary alicyclic amines) is 1. The molecule has 0 aliphatic carbocycles. The molecule has 3 fully saturated rings. The van der Waals surface area contributed by atoms with Gasteiger partial charge >= 0.3 is 0 Å². The molecule has 4 atom stereocenters. The minimum atomic E-state index is -0.755. The highest BCUT2D eigenvalue weighted by Gasteiger charge is 2.56. The van der Waals surface area contributed by atoms with Gasteiger partial charge in [-0.15, -0.1) is 0 Å². The van der Waals surface area contributed by atoms with Gasteiger partial charge in [0, 0.05) is 49.9 Å². The van der Waals surface area contributed by atoms with E-state index in [1.165, 1.54) is 0 Å². The lowest BCUT2D eigenvalue weighted by molar-refractivity contribution is -0.140. The van der Waals surface area contributed by atoms with Crippen LogP contribution in [0.25, 0.3) is 0 Å². The van der Waals surface area contributed by atoms with Crippen LogP contribution in [0.4, 0.5) is 5.69 Å². The predicted molar refractivity (Wildman–Crippen MR) is 149 cm³/mol. The number of benzene rings is 1. The number of ether oxygens (including phenoxy) is 1. The number of carbonyl (C=O) groups excluding carboxylic acids is 3. The monoisotopic (exact) mass is 526 g/mol. The van der Waals surface area contributed by atoms with Gasteiger partial charge in [-0.05, 0) is 48.1 Å². The Labute approximate surface area is 228 Å². The van der Waals surface area contributed by atoms with Gasteiger partial charge in [-0.25, -0.2) is 0 Å². The maximum Gasteiger partial charge on any atom is 0.251 e. The first-order valence-corrected chi connectivity index (χ1v) is 14.2. The lowest BCUT2D eigenvalue weighted by Crippen LogP contribution is -2.57. The van der Waals surface area contributed by atoms with Crippen molar-refractivity contribution in [3.8, 4) is 0 Å². The molecule has 0 bridgehead atoms. The standard InChI is InChI=1S/C30H46N4O4/c1-8-30(6,7)26(28(37)34-18-22(29(3,4)5)25-24(34)23(35)19-38-25)31-27(36)20-10-12-21(13-11-20)33-16-14-32(9-2)15-17-33/h10-13,22,24-26H,8-9,14-19H2,1-7H3,(H,31,36)/t22-,24-,25-,26?/m1/s1. The van der Waals surface area contributed by atoms with Gasteiger partial charge in [0.05, 0.1) is 6.10 Å². The molecule has 38 heavy (non-hydrogen) atoms. The number of nitrogens with zero attached hydrogens (tertiary/aromatic N) is 3. The topological polar surface area (TPSA) is 82.2 Å². The number of piperazine rings is 1. The van der Waals surface area contributed by atoms with E-state index in [1.807, 2.05) is 45.0 Å². The molecule has 1 N–H and O–H groups in total. The van der Waals surface area contributed by atoms with E-state index in [9.17, 15) is 14.4 Å². The molecule has 4 rings (SSSR count). The van der Waals surface area contributed by atoms with Crippen LogP contribution in [0.5, 0.6) is 0 Å². The number of amides is 2. The summed E-state index contributed by atoms with van der Waals surface area (Å²) in [7, 11) is 0. The van der Waals surface area contributed by atoms with E-state index in [4.69, 9.17) is 4.74 Å². The molecule has 0 spiro atoms. The van der Waals surface area contributed by atoms with Crippen molar-refractivity contribution in [3.63, 3.8) is 0 Å². The lowest BCUT2D eigenvalue weighted by atomic mass is 9.78. The van der Waals surface area contributed by atoms with E-state index < -0.39 is 17.5 Å². The predicted octanol–water partition coefficient (Wildman–Crippen LogP) is 3.20. The smallest absolute Gasteiger partial charge is 0.251 e. The fourth-order valence-corrected chi connectivity index (χ4v) is 5.97. The zero-order chi connectivity index (χ0) is 27.8. The summed E-state index contributed by atoms with van der Waals surface area (Å²) in [4.78, 5) is 46.8. The molecule has 3 aliphatic rings. The highest BCUT2D eigenvalue weighted by Crippen LogP contribution is 2.42. The zero-order valence-electron chi connectivity index (χ0n) is 24.3. The lowest BCUT2D eigenvalue weighted by Gasteiger charge is -2.37. The molecule has 1 unspecified atom stereocenters. The first-order valence-electron chi connectivity index (χ1n) is 14.2. The third kappa shape index (κ3) is 5.62. The van der Waals surface area contributed by atoms with Gasteiger partial charge in [-0.1, -0.05) is 48.5 Å². The largest absolute Gasteiger partial charge is 0.369 e. The van der Waals surface area contributed by atoms with Crippen molar-refractivity contribution >= 4 is 23.3 Å². The van der Waals surface area contributed by atoms with Gasteiger partial charge < -0.3 is 24.8 Å². The number of anilines is 1. The molecule has 210 valence electrons. The summed E-state index contributed by atoms with van der Waals surface area (Å²) in [5.74, 6) is -0.471. The second-order valence-corrected chi connectivity index (χ2v) is 12.9. The first kappa shape index (κ1) is 28.6. The number of Topliss-reactive ketones (excluding diaryl/α,β-unsaturated/α-hetero) is 1. The number of likely N-dealkylation sites (N-methyl/N-ethyl adjacent to an activating group) is 1. The van der Waals surface area contributed by atoms with Crippen LogP contribution < -0.4 is 10.2 Å². The molecule has 3 aliphatic heterocycles. The van der Waals surface area contributed by atoms with Crippen molar-refractivity contribution < 1.29 is 19.1 Å². The molecule has 0 radical (unpaired) electrons. The van der Waals surface area contributed by atoms with Crippen LogP contribution in [-0.4, -0.2) is 91.5 Å². The highest BCUT2D eigenvalue weighted by molar-refractivity contribution is 5.99. The summed E-state index contributed by atoms with van der Waals surface area (Å²) in [5.41, 5.74) is 1.02. The number of carbonyl (C=O) groups is 3. The van der Waals surface area contributed by atoms with Crippen LogP contribution in [0.3, 0.4) is 0 Å². The second kappa shape index (κ2) is 11.0. The minimum Gasteiger partial charge on any atom is -0.369 e. The second-order valence-electron chi connectivity index (χ2n) is 12.9. The molecule has 8 heteroatoms. The Morgan fingerprint density at radius 1 is 1.03 bits per heavy atom. The molecule has 1 aromatic rings. The number of ketones is 1. The van der Waals surface area contributed by atoms with Crippen LogP contribution in [0.2, 0.25) is 0 Å². The van der Waals surface area contributed by atoms with Crippen molar-refractivity contribution in [2.24, 2.45) is 16.7 Å². The molecule has 3 saturated heterocycles. The summed E-state index contributed by atoms with van der Waals surface area (Å²) in [5, 5.41) is 3.06. The number of hydrogen-bond donors (Lipinski definition) is 1. The average Bonchev–Trinajstić information content (AvgIpc) is 3.47. The Bertz CT molecular complexity index is 1020. The van der Waals surface area contributed by atoms with Crippen LogP contribution in [0.1, 0.15) is 65.2 Å². The fraction of sp³-hybridized carbons (Fsp3) is 0.700. The van der Waals surface area contributed by atoms with Crippen LogP contribution in [0.15, 0.2) is 24.3 Å². The summed E-state index contributed by atoms with van der Waals surface area (Å²) in [6, 6.07) is 6.33. The molecule has 1 aromatic carbocycles. The van der Waals surface area contributed by atoms with Crippen molar-refractivity contribution in [1.29, 1.82) is 0 Å². The Morgan fingerprint density at radius 2 is 1.66 bits per heavy atom. The van der Waals surface area contributed by atoms with Crippen molar-refractivity contribution in [2.75, 3.05) is 50.8 Å². The van der Waals surface area contributed by atoms with Gasteiger partial charge in [-0.2, -0.15) is 0 Å². The Balaban J connectivity index is 1.51. The minimum absolute atomic E-state index is 0.0414. The zero-order valence-corrected chi connectivity index (χ0v) is 24.3. The average molecular weight is 527 g/mol. The normalized spacial score (nSPS) is 25.4. The summed E-state index contributed by atoms with van der Waals surface area (Å²) in [6.07, 6.45) is 0.404. The van der Waals surface area contributed by atoms with Gasteiger partial charge in [0.25, 0.3) is 5.91 Å². The Hall–Kier alpha value is -2.45. The van der Waals surface area contributed by atoms with Crippen molar-refractivity contribution in [3.05, 3.63) is 29.8 Å². The third-order valence-corrected chi connectivity index (χ3v) is 9.11.